The molecule has 3 heterocycles. The molecule has 2 amide bonds. The maximum absolute atomic E-state index is 12.4. The van der Waals surface area contributed by atoms with E-state index in [4.69, 9.17) is 0 Å². The molecule has 0 aliphatic carbocycles. The second kappa shape index (κ2) is 6.23. The number of nitrogens with zero attached hydrogens (tertiary/aromatic N) is 3. The number of likely N-dealkylation sites (tertiary alicyclic amines) is 1. The van der Waals surface area contributed by atoms with Crippen molar-refractivity contribution in [2.75, 3.05) is 13.1 Å². The van der Waals surface area contributed by atoms with Gasteiger partial charge in [-0.1, -0.05) is 0 Å². The van der Waals surface area contributed by atoms with Crippen molar-refractivity contribution in [3.63, 3.8) is 0 Å². The Labute approximate surface area is 133 Å². The summed E-state index contributed by atoms with van der Waals surface area (Å²) in [4.78, 5) is 26.4. The molecule has 1 aliphatic heterocycles. The van der Waals surface area contributed by atoms with Crippen molar-refractivity contribution in [2.24, 2.45) is 0 Å². The first kappa shape index (κ1) is 15.3. The van der Waals surface area contributed by atoms with E-state index in [0.29, 0.717) is 24.5 Å². The largest absolute Gasteiger partial charge is 0.348 e. The van der Waals surface area contributed by atoms with E-state index in [2.05, 4.69) is 25.7 Å². The second-order valence-corrected chi connectivity index (χ2v) is 5.90. The van der Waals surface area contributed by atoms with E-state index in [1.165, 1.54) is 0 Å². The fourth-order valence-electron chi connectivity index (χ4n) is 2.78. The molecule has 23 heavy (non-hydrogen) atoms. The smallest absolute Gasteiger partial charge is 0.272 e. The number of hydrogen-bond acceptors (Lipinski definition) is 4. The van der Waals surface area contributed by atoms with Crippen LogP contribution in [0.3, 0.4) is 0 Å². The van der Waals surface area contributed by atoms with E-state index in [1.807, 2.05) is 13.8 Å². The van der Waals surface area contributed by atoms with Crippen molar-refractivity contribution in [2.45, 2.75) is 32.7 Å². The van der Waals surface area contributed by atoms with Crippen LogP contribution in [0, 0.1) is 13.8 Å². The first-order chi connectivity index (χ1) is 11.1. The number of aromatic nitrogens is 4. The molecule has 8 heteroatoms. The minimum absolute atomic E-state index is 0.0332. The summed E-state index contributed by atoms with van der Waals surface area (Å²) in [6, 6.07) is 0.0668. The lowest BCUT2D eigenvalue weighted by molar-refractivity contribution is 0.0691. The van der Waals surface area contributed by atoms with Gasteiger partial charge in [0.15, 0.2) is 0 Å². The van der Waals surface area contributed by atoms with Crippen LogP contribution in [-0.4, -0.2) is 56.2 Å². The van der Waals surface area contributed by atoms with E-state index in [-0.39, 0.29) is 17.9 Å². The zero-order chi connectivity index (χ0) is 16.4. The Hall–Kier alpha value is -2.64. The third-order valence-corrected chi connectivity index (χ3v) is 4.22. The standard InChI is InChI=1S/C15H20N6O2/c1-9-7-16-19-12(9)14(22)18-11-3-5-21(6-4-11)15(23)13-10(2)8-17-20-13/h7-8,11H,3-6H2,1-2H3,(H,16,19)(H,17,20)(H,18,22). The summed E-state index contributed by atoms with van der Waals surface area (Å²) in [7, 11) is 0. The van der Waals surface area contributed by atoms with Crippen molar-refractivity contribution in [1.82, 2.24) is 30.6 Å². The normalized spacial score (nSPS) is 15.7. The lowest BCUT2D eigenvalue weighted by atomic mass is 10.0. The highest BCUT2D eigenvalue weighted by Gasteiger charge is 2.26. The molecule has 0 bridgehead atoms. The predicted molar refractivity (Wildman–Crippen MR) is 83.0 cm³/mol. The number of carbonyl (C=O) groups excluding carboxylic acids is 2. The van der Waals surface area contributed by atoms with Crippen LogP contribution in [0.5, 0.6) is 0 Å². The van der Waals surface area contributed by atoms with Gasteiger partial charge in [0.25, 0.3) is 11.8 Å². The van der Waals surface area contributed by atoms with Gasteiger partial charge in [-0.3, -0.25) is 19.8 Å². The Morgan fingerprint density at radius 2 is 1.65 bits per heavy atom. The van der Waals surface area contributed by atoms with Crippen LogP contribution in [0.15, 0.2) is 12.4 Å². The Kier molecular flexibility index (Phi) is 4.14. The molecule has 1 aliphatic rings. The molecule has 0 saturated carbocycles. The predicted octanol–water partition coefficient (Wildman–Crippen LogP) is 0.784. The molecule has 122 valence electrons. The lowest BCUT2D eigenvalue weighted by Gasteiger charge is -2.32. The Morgan fingerprint density at radius 3 is 2.17 bits per heavy atom. The topological polar surface area (TPSA) is 107 Å². The number of piperidine rings is 1. The average molecular weight is 316 g/mol. The van der Waals surface area contributed by atoms with Crippen LogP contribution in [-0.2, 0) is 0 Å². The van der Waals surface area contributed by atoms with E-state index in [1.54, 1.807) is 17.3 Å². The summed E-state index contributed by atoms with van der Waals surface area (Å²) < 4.78 is 0. The molecule has 0 spiro atoms. The van der Waals surface area contributed by atoms with Crippen LogP contribution in [0.1, 0.15) is 44.9 Å². The molecule has 0 radical (unpaired) electrons. The van der Waals surface area contributed by atoms with E-state index < -0.39 is 0 Å². The number of aromatic amines is 2. The van der Waals surface area contributed by atoms with Gasteiger partial charge in [-0.25, -0.2) is 0 Å². The zero-order valence-corrected chi connectivity index (χ0v) is 13.2. The molecule has 3 N–H and O–H groups in total. The van der Waals surface area contributed by atoms with Crippen LogP contribution in [0.4, 0.5) is 0 Å². The molecular weight excluding hydrogens is 296 g/mol. The van der Waals surface area contributed by atoms with Gasteiger partial charge in [-0.15, -0.1) is 0 Å². The van der Waals surface area contributed by atoms with E-state index >= 15 is 0 Å². The van der Waals surface area contributed by atoms with Gasteiger partial charge in [0.05, 0.1) is 12.4 Å². The molecule has 1 fully saturated rings. The zero-order valence-electron chi connectivity index (χ0n) is 13.2. The Morgan fingerprint density at radius 1 is 1.09 bits per heavy atom. The second-order valence-electron chi connectivity index (χ2n) is 5.90. The molecule has 3 rings (SSSR count). The van der Waals surface area contributed by atoms with Gasteiger partial charge >= 0.3 is 0 Å². The van der Waals surface area contributed by atoms with E-state index in [0.717, 1.165) is 24.0 Å². The molecule has 1 saturated heterocycles. The van der Waals surface area contributed by atoms with Gasteiger partial charge in [-0.05, 0) is 37.8 Å². The molecule has 0 aromatic carbocycles. The van der Waals surface area contributed by atoms with Crippen molar-refractivity contribution in [1.29, 1.82) is 0 Å². The van der Waals surface area contributed by atoms with Crippen LogP contribution in [0.25, 0.3) is 0 Å². The van der Waals surface area contributed by atoms with Crippen molar-refractivity contribution < 1.29 is 9.59 Å². The Balaban J connectivity index is 1.55. The summed E-state index contributed by atoms with van der Waals surface area (Å²) in [6.07, 6.45) is 4.74. The third-order valence-electron chi connectivity index (χ3n) is 4.22. The van der Waals surface area contributed by atoms with Crippen molar-refractivity contribution in [3.05, 3.63) is 34.9 Å². The SMILES string of the molecule is Cc1cn[nH]c1C(=O)NC1CCN(C(=O)c2[nH]ncc2C)CC1. The molecule has 8 nitrogen and oxygen atoms in total. The number of carbonyl (C=O) groups is 2. The van der Waals surface area contributed by atoms with Gasteiger partial charge < -0.3 is 10.2 Å². The number of hydrogen-bond donors (Lipinski definition) is 3. The number of amides is 2. The molecular formula is C15H20N6O2. The highest BCUT2D eigenvalue weighted by molar-refractivity contribution is 5.94. The third kappa shape index (κ3) is 3.10. The van der Waals surface area contributed by atoms with Crippen molar-refractivity contribution >= 4 is 11.8 Å². The van der Waals surface area contributed by atoms with Crippen molar-refractivity contribution in [3.8, 4) is 0 Å². The molecule has 2 aromatic heterocycles. The van der Waals surface area contributed by atoms with Gasteiger partial charge in [0.1, 0.15) is 11.4 Å². The van der Waals surface area contributed by atoms with E-state index in [9.17, 15) is 9.59 Å². The highest BCUT2D eigenvalue weighted by Crippen LogP contribution is 2.15. The first-order valence-electron chi connectivity index (χ1n) is 7.66. The number of rotatable bonds is 3. The monoisotopic (exact) mass is 316 g/mol. The maximum atomic E-state index is 12.4. The van der Waals surface area contributed by atoms with Gasteiger partial charge in [0, 0.05) is 19.1 Å². The number of aryl methyl sites for hydroxylation is 2. The van der Waals surface area contributed by atoms with Crippen LogP contribution in [0.2, 0.25) is 0 Å². The average Bonchev–Trinajstić information content (AvgIpc) is 3.15. The summed E-state index contributed by atoms with van der Waals surface area (Å²) in [5.74, 6) is -0.177. The lowest BCUT2D eigenvalue weighted by Crippen LogP contribution is -2.46. The van der Waals surface area contributed by atoms with Gasteiger partial charge in [-0.2, -0.15) is 10.2 Å². The maximum Gasteiger partial charge on any atom is 0.272 e. The van der Waals surface area contributed by atoms with Crippen LogP contribution < -0.4 is 5.32 Å². The summed E-state index contributed by atoms with van der Waals surface area (Å²) in [6.45, 7) is 4.93. The van der Waals surface area contributed by atoms with Gasteiger partial charge in [0.2, 0.25) is 0 Å². The Bertz CT molecular complexity index is 711. The molecule has 0 atom stereocenters. The minimum Gasteiger partial charge on any atom is -0.348 e. The summed E-state index contributed by atoms with van der Waals surface area (Å²) in [5, 5.41) is 16.2. The quantitative estimate of drug-likeness (QED) is 0.778. The number of nitrogens with one attached hydrogen (secondary N) is 3. The fraction of sp³-hybridized carbons (Fsp3) is 0.467. The summed E-state index contributed by atoms with van der Waals surface area (Å²) in [5.41, 5.74) is 2.71. The molecule has 2 aromatic rings. The minimum atomic E-state index is -0.144. The van der Waals surface area contributed by atoms with Crippen LogP contribution >= 0.6 is 0 Å². The number of H-pyrrole nitrogens is 2. The first-order valence-corrected chi connectivity index (χ1v) is 7.66. The molecule has 0 unspecified atom stereocenters. The fourth-order valence-corrected chi connectivity index (χ4v) is 2.78. The summed E-state index contributed by atoms with van der Waals surface area (Å²) >= 11 is 0. The highest BCUT2D eigenvalue weighted by atomic mass is 16.2.